The van der Waals surface area contributed by atoms with Gasteiger partial charge in [0, 0.05) is 55.4 Å². The molecule has 2 N–H and O–H groups in total. The fourth-order valence-corrected chi connectivity index (χ4v) is 6.91. The van der Waals surface area contributed by atoms with E-state index < -0.39 is 4.92 Å². The summed E-state index contributed by atoms with van der Waals surface area (Å²) in [5.74, 6) is -0.145. The number of nitro groups is 1. The quantitative estimate of drug-likeness (QED) is 0.0794. The molecule has 1 aliphatic carbocycles. The maximum absolute atomic E-state index is 13.8. The summed E-state index contributed by atoms with van der Waals surface area (Å²) in [5.41, 5.74) is 3.46. The molecule has 1 amide bonds. The topological polar surface area (TPSA) is 105 Å². The molecule has 0 bridgehead atoms. The Balaban J connectivity index is 1.22. The number of nitro benzene ring substituents is 1. The number of non-ortho nitro benzene ring substituents is 1. The number of hydrogen-bond acceptors (Lipinski definition) is 5. The minimum atomic E-state index is -0.422. The van der Waals surface area contributed by atoms with E-state index >= 15 is 0 Å². The average Bonchev–Trinajstić information content (AvgIpc) is 3.55. The summed E-state index contributed by atoms with van der Waals surface area (Å²) >= 11 is 6.00. The number of thiocarbonyl (C=S) groups is 1. The molecule has 1 aromatic heterocycles. The van der Waals surface area contributed by atoms with E-state index in [9.17, 15) is 19.3 Å². The summed E-state index contributed by atoms with van der Waals surface area (Å²) in [6.45, 7) is 1.46. The minimum absolute atomic E-state index is 0.0320. The van der Waals surface area contributed by atoms with E-state index in [1.807, 2.05) is 22.8 Å². The monoisotopic (exact) mass is 678 g/mol. The van der Waals surface area contributed by atoms with Crippen LogP contribution in [0, 0.1) is 21.8 Å². The summed E-state index contributed by atoms with van der Waals surface area (Å²) in [6, 6.07) is 26.9. The maximum Gasteiger partial charge on any atom is 0.269 e. The third kappa shape index (κ3) is 8.85. The highest BCUT2D eigenvalue weighted by molar-refractivity contribution is 7.80. The number of aromatic nitrogens is 2. The predicted molar refractivity (Wildman–Crippen MR) is 194 cm³/mol. The van der Waals surface area contributed by atoms with Crippen molar-refractivity contribution >= 4 is 45.4 Å². The first kappa shape index (κ1) is 33.7. The fourth-order valence-electron chi connectivity index (χ4n) is 6.66. The standard InChI is InChI=1S/C38H39FN6O3S/c39-31-15-17-32(18-16-31)41-38(49)43(24-30-11-6-10-28-7-4-5-12-35(28)30)25-36(29-8-2-1-3-9-29)42-37(46)21-34-22-40-26-44(34)23-27-13-19-33(20-14-27)45(47)48/h4-7,10-20,22,26,29,36H,1-3,8-9,21,23-25H2,(H,41,49)(H,42,46). The highest BCUT2D eigenvalue weighted by Crippen LogP contribution is 2.28. The van der Waals surface area contributed by atoms with Crippen molar-refractivity contribution in [2.24, 2.45) is 5.92 Å². The van der Waals surface area contributed by atoms with Crippen LogP contribution in [0.4, 0.5) is 15.8 Å². The molecule has 0 radical (unpaired) electrons. The van der Waals surface area contributed by atoms with Crippen LogP contribution in [-0.4, -0.2) is 43.0 Å². The molecule has 0 spiro atoms. The second kappa shape index (κ2) is 15.8. The molecule has 1 saturated carbocycles. The maximum atomic E-state index is 13.8. The van der Waals surface area contributed by atoms with E-state index in [-0.39, 0.29) is 35.8 Å². The number of halogens is 1. The molecule has 0 aliphatic heterocycles. The SMILES string of the molecule is O=C(Cc1cncn1Cc1ccc([N+](=O)[O-])cc1)NC(CN(Cc1cccc2ccccc12)C(=S)Nc1ccc(F)cc1)C1CCCCC1. The summed E-state index contributed by atoms with van der Waals surface area (Å²) in [4.78, 5) is 30.8. The second-order valence-corrected chi connectivity index (χ2v) is 13.0. The van der Waals surface area contributed by atoms with Crippen LogP contribution in [0.15, 0.2) is 104 Å². The third-order valence-electron chi connectivity index (χ3n) is 9.25. The van der Waals surface area contributed by atoms with Crippen molar-refractivity contribution in [1.82, 2.24) is 19.8 Å². The van der Waals surface area contributed by atoms with E-state index in [1.54, 1.807) is 36.8 Å². The Bertz CT molecular complexity index is 1900. The van der Waals surface area contributed by atoms with Gasteiger partial charge in [0.05, 0.1) is 17.7 Å². The van der Waals surface area contributed by atoms with Crippen molar-refractivity contribution in [3.8, 4) is 0 Å². The molecule has 9 nitrogen and oxygen atoms in total. The molecule has 1 heterocycles. The van der Waals surface area contributed by atoms with E-state index in [1.165, 1.54) is 30.7 Å². The Hall–Kier alpha value is -5.16. The van der Waals surface area contributed by atoms with Crippen LogP contribution in [-0.2, 0) is 24.3 Å². The van der Waals surface area contributed by atoms with Crippen LogP contribution in [0.25, 0.3) is 10.8 Å². The number of hydrogen-bond donors (Lipinski definition) is 2. The van der Waals surface area contributed by atoms with Gasteiger partial charge in [-0.1, -0.05) is 73.9 Å². The van der Waals surface area contributed by atoms with E-state index in [4.69, 9.17) is 12.2 Å². The second-order valence-electron chi connectivity index (χ2n) is 12.6. The van der Waals surface area contributed by atoms with E-state index in [0.29, 0.717) is 30.4 Å². The van der Waals surface area contributed by atoms with Crippen LogP contribution in [0.3, 0.4) is 0 Å². The van der Waals surface area contributed by atoms with Gasteiger partial charge in [-0.2, -0.15) is 0 Å². The number of carbonyl (C=O) groups is 1. The first-order chi connectivity index (χ1) is 23.8. The predicted octanol–water partition coefficient (Wildman–Crippen LogP) is 7.64. The Kier molecular flexibility index (Phi) is 10.9. The lowest BCUT2D eigenvalue weighted by atomic mass is 9.83. The number of benzene rings is 4. The average molecular weight is 679 g/mol. The first-order valence-electron chi connectivity index (χ1n) is 16.6. The van der Waals surface area contributed by atoms with Gasteiger partial charge in [-0.15, -0.1) is 0 Å². The highest BCUT2D eigenvalue weighted by atomic mass is 32.1. The number of nitrogens with zero attached hydrogens (tertiary/aromatic N) is 4. The molecule has 1 fully saturated rings. The number of anilines is 1. The lowest BCUT2D eigenvalue weighted by molar-refractivity contribution is -0.384. The third-order valence-corrected chi connectivity index (χ3v) is 9.61. The molecule has 11 heteroatoms. The Morgan fingerprint density at radius 3 is 2.49 bits per heavy atom. The van der Waals surface area contributed by atoms with Crippen LogP contribution in [0.5, 0.6) is 0 Å². The molecule has 5 aromatic rings. The molecule has 1 unspecified atom stereocenters. The first-order valence-corrected chi connectivity index (χ1v) is 17.0. The van der Waals surface area contributed by atoms with Gasteiger partial charge < -0.3 is 20.1 Å². The normalized spacial score (nSPS) is 13.9. The Morgan fingerprint density at radius 2 is 1.73 bits per heavy atom. The molecule has 4 aromatic carbocycles. The summed E-state index contributed by atoms with van der Waals surface area (Å²) in [6.07, 6.45) is 8.94. The van der Waals surface area contributed by atoms with Crippen molar-refractivity contribution in [2.75, 3.05) is 11.9 Å². The largest absolute Gasteiger partial charge is 0.351 e. The number of fused-ring (bicyclic) bond motifs is 1. The van der Waals surface area contributed by atoms with Crippen molar-refractivity contribution in [3.05, 3.63) is 136 Å². The number of nitrogens with one attached hydrogen (secondary N) is 2. The molecule has 1 aliphatic rings. The summed E-state index contributed by atoms with van der Waals surface area (Å²) < 4.78 is 15.6. The van der Waals surface area contributed by atoms with Gasteiger partial charge in [-0.05, 0) is 77.1 Å². The van der Waals surface area contributed by atoms with Crippen LogP contribution in [0.2, 0.25) is 0 Å². The number of imidazole rings is 1. The smallest absolute Gasteiger partial charge is 0.269 e. The van der Waals surface area contributed by atoms with Crippen LogP contribution in [0.1, 0.15) is 48.9 Å². The zero-order valence-corrected chi connectivity index (χ0v) is 27.9. The molecular formula is C38H39FN6O3S. The van der Waals surface area contributed by atoms with E-state index in [0.717, 1.165) is 53.3 Å². The van der Waals surface area contributed by atoms with Crippen molar-refractivity contribution < 1.29 is 14.1 Å². The Labute approximate surface area is 290 Å². The van der Waals surface area contributed by atoms with Gasteiger partial charge in [0.1, 0.15) is 5.82 Å². The van der Waals surface area contributed by atoms with Gasteiger partial charge in [0.25, 0.3) is 5.69 Å². The highest BCUT2D eigenvalue weighted by Gasteiger charge is 2.29. The zero-order valence-electron chi connectivity index (χ0n) is 27.1. The van der Waals surface area contributed by atoms with Gasteiger partial charge in [-0.3, -0.25) is 14.9 Å². The van der Waals surface area contributed by atoms with E-state index in [2.05, 4.69) is 44.8 Å². The van der Waals surface area contributed by atoms with Crippen LogP contribution < -0.4 is 10.6 Å². The van der Waals surface area contributed by atoms with Crippen molar-refractivity contribution in [3.63, 3.8) is 0 Å². The zero-order chi connectivity index (χ0) is 34.2. The molecule has 1 atom stereocenters. The fraction of sp³-hybridized carbons (Fsp3) is 0.289. The molecule has 252 valence electrons. The van der Waals surface area contributed by atoms with Gasteiger partial charge in [-0.25, -0.2) is 9.37 Å². The molecule has 0 saturated heterocycles. The molecule has 6 rings (SSSR count). The summed E-state index contributed by atoms with van der Waals surface area (Å²) in [7, 11) is 0. The number of rotatable bonds is 12. The lowest BCUT2D eigenvalue weighted by Gasteiger charge is -2.36. The number of amides is 1. The van der Waals surface area contributed by atoms with Crippen molar-refractivity contribution in [1.29, 1.82) is 0 Å². The van der Waals surface area contributed by atoms with Gasteiger partial charge >= 0.3 is 0 Å². The Morgan fingerprint density at radius 1 is 1.00 bits per heavy atom. The molecular weight excluding hydrogens is 640 g/mol. The molecule has 49 heavy (non-hydrogen) atoms. The van der Waals surface area contributed by atoms with Gasteiger partial charge in [0.2, 0.25) is 5.91 Å². The minimum Gasteiger partial charge on any atom is -0.351 e. The summed E-state index contributed by atoms with van der Waals surface area (Å²) in [5, 5.41) is 20.5. The van der Waals surface area contributed by atoms with Crippen molar-refractivity contribution in [2.45, 2.75) is 57.7 Å². The lowest BCUT2D eigenvalue weighted by Crippen LogP contribution is -2.51. The van der Waals surface area contributed by atoms with Crippen LogP contribution >= 0.6 is 12.2 Å². The van der Waals surface area contributed by atoms with Gasteiger partial charge in [0.15, 0.2) is 5.11 Å². The number of carbonyl (C=O) groups excluding carboxylic acids is 1.